The fourth-order valence-corrected chi connectivity index (χ4v) is 3.77. The summed E-state index contributed by atoms with van der Waals surface area (Å²) in [6.45, 7) is 0.225. The Morgan fingerprint density at radius 1 is 1.48 bits per heavy atom. The zero-order chi connectivity index (χ0) is 15.1. The lowest BCUT2D eigenvalue weighted by atomic mass is 10.2. The summed E-state index contributed by atoms with van der Waals surface area (Å²) in [4.78, 5) is 11.9. The molecule has 1 unspecified atom stereocenters. The van der Waals surface area contributed by atoms with Crippen LogP contribution in [0.2, 0.25) is 0 Å². The van der Waals surface area contributed by atoms with E-state index in [2.05, 4.69) is 11.4 Å². The molecular formula is C16H24N2O2S. The van der Waals surface area contributed by atoms with Crippen molar-refractivity contribution in [3.05, 3.63) is 29.8 Å². The Balaban J connectivity index is 1.86. The summed E-state index contributed by atoms with van der Waals surface area (Å²) in [5, 5.41) is 3.65. The molecule has 3 N–H and O–H groups in total. The average Bonchev–Trinajstić information content (AvgIpc) is 2.99. The number of nitrogens with two attached hydrogens (primary N) is 1. The molecule has 21 heavy (non-hydrogen) atoms. The summed E-state index contributed by atoms with van der Waals surface area (Å²) in [5.41, 5.74) is 7.76. The van der Waals surface area contributed by atoms with Gasteiger partial charge in [-0.25, -0.2) is 0 Å². The number of nitrogens with one attached hydrogen (secondary N) is 1. The van der Waals surface area contributed by atoms with Gasteiger partial charge in [-0.1, -0.05) is 25.0 Å². The molecule has 0 aromatic heterocycles. The lowest BCUT2D eigenvalue weighted by Crippen LogP contribution is -2.39. The van der Waals surface area contributed by atoms with Crippen LogP contribution in [0, 0.1) is 0 Å². The highest BCUT2D eigenvalue weighted by Crippen LogP contribution is 2.31. The number of carbonyl (C=O) groups is 1. The highest BCUT2D eigenvalue weighted by atomic mass is 32.2. The Labute approximate surface area is 130 Å². The maximum absolute atomic E-state index is 11.9. The Morgan fingerprint density at radius 3 is 2.95 bits per heavy atom. The van der Waals surface area contributed by atoms with Crippen molar-refractivity contribution >= 4 is 23.4 Å². The highest BCUT2D eigenvalue weighted by Gasteiger charge is 2.16. The summed E-state index contributed by atoms with van der Waals surface area (Å²) in [6.07, 6.45) is 5.41. The number of carbonyl (C=O) groups excluding carboxylic acids is 1. The molecule has 1 atom stereocenters. The van der Waals surface area contributed by atoms with Gasteiger partial charge in [-0.3, -0.25) is 4.79 Å². The minimum absolute atomic E-state index is 0.211. The van der Waals surface area contributed by atoms with Crippen LogP contribution in [0.5, 0.6) is 0 Å². The third-order valence-electron chi connectivity index (χ3n) is 3.67. The first-order valence-electron chi connectivity index (χ1n) is 7.45. The van der Waals surface area contributed by atoms with Gasteiger partial charge in [-0.05, 0) is 30.5 Å². The molecule has 1 aromatic carbocycles. The van der Waals surface area contributed by atoms with Crippen LogP contribution in [-0.4, -0.2) is 30.9 Å². The van der Waals surface area contributed by atoms with Crippen LogP contribution < -0.4 is 11.1 Å². The Bertz CT molecular complexity index is 461. The molecule has 116 valence electrons. The first kappa shape index (κ1) is 16.3. The van der Waals surface area contributed by atoms with E-state index in [0.29, 0.717) is 0 Å². The number of hydrogen-bond donors (Lipinski definition) is 2. The molecule has 0 heterocycles. The quantitative estimate of drug-likeness (QED) is 0.813. The number of methoxy groups -OCH3 is 1. The van der Waals surface area contributed by atoms with Gasteiger partial charge >= 0.3 is 0 Å². The second kappa shape index (κ2) is 8.41. The summed E-state index contributed by atoms with van der Waals surface area (Å²) < 4.78 is 4.89. The van der Waals surface area contributed by atoms with Gasteiger partial charge in [0, 0.05) is 23.8 Å². The van der Waals surface area contributed by atoms with E-state index >= 15 is 0 Å². The number of ether oxygens (including phenoxy) is 1. The van der Waals surface area contributed by atoms with Gasteiger partial charge < -0.3 is 15.8 Å². The van der Waals surface area contributed by atoms with E-state index in [0.717, 1.165) is 16.7 Å². The molecule has 0 spiro atoms. The Hall–Kier alpha value is -1.04. The topological polar surface area (TPSA) is 64.3 Å². The van der Waals surface area contributed by atoms with Crippen LogP contribution >= 0.6 is 11.8 Å². The number of rotatable bonds is 7. The largest absolute Gasteiger partial charge is 0.383 e. The van der Waals surface area contributed by atoms with Crippen LogP contribution in [0.1, 0.15) is 31.2 Å². The second-order valence-corrected chi connectivity index (χ2v) is 6.76. The van der Waals surface area contributed by atoms with E-state index in [-0.39, 0.29) is 12.5 Å². The van der Waals surface area contributed by atoms with E-state index in [1.165, 1.54) is 38.4 Å². The second-order valence-electron chi connectivity index (χ2n) is 5.47. The van der Waals surface area contributed by atoms with Crippen molar-refractivity contribution in [1.29, 1.82) is 0 Å². The highest BCUT2D eigenvalue weighted by molar-refractivity contribution is 7.99. The molecule has 1 fully saturated rings. The predicted octanol–water partition coefficient (Wildman–Crippen LogP) is 2.77. The van der Waals surface area contributed by atoms with Gasteiger partial charge in [-0.15, -0.1) is 0 Å². The van der Waals surface area contributed by atoms with Crippen molar-refractivity contribution in [1.82, 2.24) is 0 Å². The molecule has 1 saturated carbocycles. The predicted molar refractivity (Wildman–Crippen MR) is 88.5 cm³/mol. The normalized spacial score (nSPS) is 16.9. The first-order chi connectivity index (χ1) is 10.2. The lowest BCUT2D eigenvalue weighted by Gasteiger charge is -2.13. The van der Waals surface area contributed by atoms with E-state index in [9.17, 15) is 4.79 Å². The van der Waals surface area contributed by atoms with Gasteiger partial charge in [0.25, 0.3) is 0 Å². The fourth-order valence-electron chi connectivity index (χ4n) is 2.50. The van der Waals surface area contributed by atoms with Crippen LogP contribution in [0.15, 0.2) is 24.3 Å². The monoisotopic (exact) mass is 308 g/mol. The summed E-state index contributed by atoms with van der Waals surface area (Å²) in [5.74, 6) is 0.788. The SMILES string of the molecule is COCC(N)C(=O)Nc1cccc(CSC2CCCC2)c1. The lowest BCUT2D eigenvalue weighted by molar-refractivity contribution is -0.118. The van der Waals surface area contributed by atoms with Crippen LogP contribution in [0.3, 0.4) is 0 Å². The molecule has 0 radical (unpaired) electrons. The van der Waals surface area contributed by atoms with Crippen molar-refractivity contribution in [2.24, 2.45) is 5.73 Å². The van der Waals surface area contributed by atoms with Gasteiger partial charge in [-0.2, -0.15) is 11.8 Å². The van der Waals surface area contributed by atoms with Crippen molar-refractivity contribution < 1.29 is 9.53 Å². The summed E-state index contributed by atoms with van der Waals surface area (Å²) in [7, 11) is 1.54. The molecule has 1 amide bonds. The minimum atomic E-state index is -0.633. The van der Waals surface area contributed by atoms with Crippen LogP contribution in [-0.2, 0) is 15.3 Å². The average molecular weight is 308 g/mol. The standard InChI is InChI=1S/C16H24N2O2S/c1-20-10-15(17)16(19)18-13-6-4-5-12(9-13)11-21-14-7-2-3-8-14/h4-6,9,14-15H,2-3,7-8,10-11,17H2,1H3,(H,18,19). The molecule has 0 bridgehead atoms. The molecule has 1 aliphatic rings. The Morgan fingerprint density at radius 2 is 2.24 bits per heavy atom. The molecular weight excluding hydrogens is 284 g/mol. The Kier molecular flexibility index (Phi) is 6.54. The molecule has 0 aliphatic heterocycles. The molecule has 2 rings (SSSR count). The van der Waals surface area contributed by atoms with Gasteiger partial charge in [0.05, 0.1) is 6.61 Å². The van der Waals surface area contributed by atoms with Gasteiger partial charge in [0.15, 0.2) is 0 Å². The number of amides is 1. The number of benzene rings is 1. The van der Waals surface area contributed by atoms with Gasteiger partial charge in [0.1, 0.15) is 6.04 Å². The molecule has 1 aromatic rings. The van der Waals surface area contributed by atoms with Crippen molar-refractivity contribution in [3.8, 4) is 0 Å². The zero-order valence-electron chi connectivity index (χ0n) is 12.5. The smallest absolute Gasteiger partial charge is 0.243 e. The zero-order valence-corrected chi connectivity index (χ0v) is 13.3. The third-order valence-corrected chi connectivity index (χ3v) is 5.11. The molecule has 4 nitrogen and oxygen atoms in total. The summed E-state index contributed by atoms with van der Waals surface area (Å²) in [6, 6.07) is 7.36. The minimum Gasteiger partial charge on any atom is -0.383 e. The van der Waals surface area contributed by atoms with E-state index in [4.69, 9.17) is 10.5 Å². The van der Waals surface area contributed by atoms with Crippen molar-refractivity contribution in [2.75, 3.05) is 19.0 Å². The van der Waals surface area contributed by atoms with E-state index in [1.54, 1.807) is 0 Å². The van der Waals surface area contributed by atoms with Crippen molar-refractivity contribution in [2.45, 2.75) is 42.7 Å². The number of hydrogen-bond acceptors (Lipinski definition) is 4. The van der Waals surface area contributed by atoms with E-state index < -0.39 is 6.04 Å². The van der Waals surface area contributed by atoms with Crippen LogP contribution in [0.4, 0.5) is 5.69 Å². The number of anilines is 1. The van der Waals surface area contributed by atoms with Crippen LogP contribution in [0.25, 0.3) is 0 Å². The van der Waals surface area contributed by atoms with Crippen molar-refractivity contribution in [3.63, 3.8) is 0 Å². The fraction of sp³-hybridized carbons (Fsp3) is 0.562. The maximum atomic E-state index is 11.9. The van der Waals surface area contributed by atoms with E-state index in [1.807, 2.05) is 30.0 Å². The molecule has 0 saturated heterocycles. The summed E-state index contributed by atoms with van der Waals surface area (Å²) >= 11 is 2.02. The third kappa shape index (κ3) is 5.34. The molecule has 1 aliphatic carbocycles. The maximum Gasteiger partial charge on any atom is 0.243 e. The first-order valence-corrected chi connectivity index (χ1v) is 8.50. The van der Waals surface area contributed by atoms with Gasteiger partial charge in [0.2, 0.25) is 5.91 Å². The number of thioether (sulfide) groups is 1. The molecule has 5 heteroatoms.